The highest BCUT2D eigenvalue weighted by atomic mass is 35.5. The highest BCUT2D eigenvalue weighted by Gasteiger charge is 2.07. The average molecular weight is 316 g/mol. The lowest BCUT2D eigenvalue weighted by atomic mass is 10.2. The summed E-state index contributed by atoms with van der Waals surface area (Å²) in [6.45, 7) is 0. The number of nitrogens with zero attached hydrogens (tertiary/aromatic N) is 1. The quantitative estimate of drug-likeness (QED) is 0.722. The van der Waals surface area contributed by atoms with Crippen LogP contribution in [0.4, 0.5) is 20.6 Å². The normalized spacial score (nSPS) is 10.5. The van der Waals surface area contributed by atoms with Crippen LogP contribution in [0.25, 0.3) is 10.9 Å². The predicted octanol–water partition coefficient (Wildman–Crippen LogP) is 4.67. The van der Waals surface area contributed by atoms with Gasteiger partial charge >= 0.3 is 6.03 Å². The molecule has 2 N–H and O–H groups in total. The molecular formula is C16H11ClFN3O. The molecule has 1 heterocycles. The SMILES string of the molecule is O=C(Nc1ccc(F)c(Cl)c1)Nc1cccc2ncccc12. The van der Waals surface area contributed by atoms with Gasteiger partial charge in [-0.25, -0.2) is 9.18 Å². The summed E-state index contributed by atoms with van der Waals surface area (Å²) < 4.78 is 13.1. The lowest BCUT2D eigenvalue weighted by molar-refractivity contribution is 0.262. The van der Waals surface area contributed by atoms with E-state index in [4.69, 9.17) is 11.6 Å². The number of carbonyl (C=O) groups is 1. The largest absolute Gasteiger partial charge is 0.323 e. The third-order valence-electron chi connectivity index (χ3n) is 3.07. The van der Waals surface area contributed by atoms with Gasteiger partial charge in [-0.2, -0.15) is 0 Å². The molecule has 4 nitrogen and oxygen atoms in total. The summed E-state index contributed by atoms with van der Waals surface area (Å²) >= 11 is 5.68. The highest BCUT2D eigenvalue weighted by Crippen LogP contribution is 2.22. The molecule has 0 unspecified atom stereocenters. The van der Waals surface area contributed by atoms with E-state index in [-0.39, 0.29) is 5.02 Å². The van der Waals surface area contributed by atoms with Gasteiger partial charge in [0.05, 0.1) is 16.2 Å². The Morgan fingerprint density at radius 3 is 2.77 bits per heavy atom. The number of anilines is 2. The van der Waals surface area contributed by atoms with E-state index in [9.17, 15) is 9.18 Å². The van der Waals surface area contributed by atoms with E-state index >= 15 is 0 Å². The van der Waals surface area contributed by atoms with Gasteiger partial charge in [-0.05, 0) is 42.5 Å². The molecule has 0 aliphatic heterocycles. The maximum atomic E-state index is 13.1. The van der Waals surface area contributed by atoms with E-state index in [0.717, 1.165) is 10.9 Å². The summed E-state index contributed by atoms with van der Waals surface area (Å²) in [4.78, 5) is 16.3. The molecule has 2 amide bonds. The van der Waals surface area contributed by atoms with E-state index < -0.39 is 11.8 Å². The van der Waals surface area contributed by atoms with Crippen molar-refractivity contribution in [1.82, 2.24) is 4.98 Å². The Morgan fingerprint density at radius 1 is 1.09 bits per heavy atom. The second kappa shape index (κ2) is 5.99. The van der Waals surface area contributed by atoms with Crippen molar-refractivity contribution in [2.24, 2.45) is 0 Å². The summed E-state index contributed by atoms with van der Waals surface area (Å²) in [5.74, 6) is -0.534. The summed E-state index contributed by atoms with van der Waals surface area (Å²) in [5.41, 5.74) is 1.82. The monoisotopic (exact) mass is 315 g/mol. The number of amides is 2. The number of aromatic nitrogens is 1. The molecule has 22 heavy (non-hydrogen) atoms. The molecule has 0 spiro atoms. The van der Waals surface area contributed by atoms with E-state index in [1.54, 1.807) is 24.4 Å². The fourth-order valence-corrected chi connectivity index (χ4v) is 2.25. The third-order valence-corrected chi connectivity index (χ3v) is 3.36. The van der Waals surface area contributed by atoms with Crippen LogP contribution in [0, 0.1) is 5.82 Å². The van der Waals surface area contributed by atoms with Crippen LogP contribution < -0.4 is 10.6 Å². The number of carbonyl (C=O) groups excluding carboxylic acids is 1. The lowest BCUT2D eigenvalue weighted by Crippen LogP contribution is -2.19. The van der Waals surface area contributed by atoms with Crippen molar-refractivity contribution in [1.29, 1.82) is 0 Å². The summed E-state index contributed by atoms with van der Waals surface area (Å²) in [6, 6.07) is 12.6. The van der Waals surface area contributed by atoms with E-state index in [1.165, 1.54) is 18.2 Å². The number of rotatable bonds is 2. The summed E-state index contributed by atoms with van der Waals surface area (Å²) in [5, 5.41) is 6.12. The minimum absolute atomic E-state index is 0.0489. The molecule has 1 aromatic heterocycles. The van der Waals surface area contributed by atoms with Crippen LogP contribution in [-0.2, 0) is 0 Å². The first-order valence-corrected chi connectivity index (χ1v) is 6.88. The molecule has 3 rings (SSSR count). The topological polar surface area (TPSA) is 54.0 Å². The number of nitrogens with one attached hydrogen (secondary N) is 2. The Hall–Kier alpha value is -2.66. The Labute approximate surface area is 130 Å². The zero-order valence-electron chi connectivity index (χ0n) is 11.3. The molecular weight excluding hydrogens is 305 g/mol. The summed E-state index contributed by atoms with van der Waals surface area (Å²) in [7, 11) is 0. The molecule has 0 saturated carbocycles. The second-order valence-corrected chi connectivity index (χ2v) is 4.99. The number of fused-ring (bicyclic) bond motifs is 1. The number of hydrogen-bond donors (Lipinski definition) is 2. The molecule has 0 aliphatic carbocycles. The van der Waals surface area contributed by atoms with Gasteiger partial charge in [-0.15, -0.1) is 0 Å². The number of pyridine rings is 1. The van der Waals surface area contributed by atoms with Crippen LogP contribution >= 0.6 is 11.6 Å². The Kier molecular flexibility index (Phi) is 3.89. The minimum Gasteiger partial charge on any atom is -0.308 e. The van der Waals surface area contributed by atoms with E-state index in [1.807, 2.05) is 12.1 Å². The minimum atomic E-state index is -0.534. The van der Waals surface area contributed by atoms with Crippen molar-refractivity contribution in [3.8, 4) is 0 Å². The lowest BCUT2D eigenvalue weighted by Gasteiger charge is -2.10. The first-order chi connectivity index (χ1) is 10.6. The first-order valence-electron chi connectivity index (χ1n) is 6.50. The second-order valence-electron chi connectivity index (χ2n) is 4.58. The Balaban J connectivity index is 1.80. The van der Waals surface area contributed by atoms with Crippen molar-refractivity contribution < 1.29 is 9.18 Å². The molecule has 0 aliphatic rings. The third kappa shape index (κ3) is 2.99. The molecule has 0 radical (unpaired) electrons. The molecule has 6 heteroatoms. The zero-order valence-corrected chi connectivity index (χ0v) is 12.1. The van der Waals surface area contributed by atoms with E-state index in [0.29, 0.717) is 11.4 Å². The number of hydrogen-bond acceptors (Lipinski definition) is 2. The Morgan fingerprint density at radius 2 is 1.95 bits per heavy atom. The van der Waals surface area contributed by atoms with Crippen molar-refractivity contribution in [3.05, 3.63) is 65.6 Å². The van der Waals surface area contributed by atoms with Crippen LogP contribution in [-0.4, -0.2) is 11.0 Å². The van der Waals surface area contributed by atoms with Crippen LogP contribution in [0.15, 0.2) is 54.7 Å². The van der Waals surface area contributed by atoms with Crippen LogP contribution in [0.1, 0.15) is 0 Å². The predicted molar refractivity (Wildman–Crippen MR) is 85.8 cm³/mol. The van der Waals surface area contributed by atoms with E-state index in [2.05, 4.69) is 15.6 Å². The number of halogens is 2. The number of benzene rings is 2. The van der Waals surface area contributed by atoms with Gasteiger partial charge in [0.15, 0.2) is 0 Å². The molecule has 0 saturated heterocycles. The molecule has 0 atom stereocenters. The fourth-order valence-electron chi connectivity index (χ4n) is 2.07. The van der Waals surface area contributed by atoms with Crippen molar-refractivity contribution >= 4 is 39.9 Å². The highest BCUT2D eigenvalue weighted by molar-refractivity contribution is 6.31. The zero-order chi connectivity index (χ0) is 15.5. The smallest absolute Gasteiger partial charge is 0.308 e. The van der Waals surface area contributed by atoms with Gasteiger partial charge in [0.2, 0.25) is 0 Å². The maximum Gasteiger partial charge on any atom is 0.323 e. The van der Waals surface area contributed by atoms with Gasteiger partial charge in [-0.1, -0.05) is 17.7 Å². The van der Waals surface area contributed by atoms with Crippen molar-refractivity contribution in [2.45, 2.75) is 0 Å². The average Bonchev–Trinajstić information content (AvgIpc) is 2.51. The molecule has 0 bridgehead atoms. The van der Waals surface area contributed by atoms with Gasteiger partial charge in [-0.3, -0.25) is 4.98 Å². The fraction of sp³-hybridized carbons (Fsp3) is 0. The Bertz CT molecular complexity index is 848. The molecule has 110 valence electrons. The van der Waals surface area contributed by atoms with Crippen LogP contribution in [0.2, 0.25) is 5.02 Å². The standard InChI is InChI=1S/C16H11ClFN3O/c17-12-9-10(6-7-13(12)18)20-16(22)21-15-5-1-4-14-11(15)3-2-8-19-14/h1-9H,(H2,20,21,22). The van der Waals surface area contributed by atoms with Gasteiger partial charge in [0.25, 0.3) is 0 Å². The first kappa shape index (κ1) is 14.3. The van der Waals surface area contributed by atoms with Crippen LogP contribution in [0.5, 0.6) is 0 Å². The number of urea groups is 1. The maximum absolute atomic E-state index is 13.1. The van der Waals surface area contributed by atoms with Crippen LogP contribution in [0.3, 0.4) is 0 Å². The van der Waals surface area contributed by atoms with Gasteiger partial charge in [0.1, 0.15) is 5.82 Å². The van der Waals surface area contributed by atoms with Gasteiger partial charge in [0, 0.05) is 17.3 Å². The summed E-state index contributed by atoms with van der Waals surface area (Å²) in [6.07, 6.45) is 1.69. The van der Waals surface area contributed by atoms with Crippen molar-refractivity contribution in [3.63, 3.8) is 0 Å². The van der Waals surface area contributed by atoms with Crippen molar-refractivity contribution in [2.75, 3.05) is 10.6 Å². The molecule has 0 fully saturated rings. The van der Waals surface area contributed by atoms with Gasteiger partial charge < -0.3 is 10.6 Å². The molecule has 2 aromatic carbocycles. The molecule has 3 aromatic rings.